The van der Waals surface area contributed by atoms with Gasteiger partial charge in [-0.3, -0.25) is 9.59 Å². The van der Waals surface area contributed by atoms with Crippen LogP contribution >= 0.6 is 0 Å². The molecule has 29 heavy (non-hydrogen) atoms. The zero-order valence-corrected chi connectivity index (χ0v) is 17.5. The Kier molecular flexibility index (Phi) is 5.82. The van der Waals surface area contributed by atoms with Gasteiger partial charge in [0, 0.05) is 24.5 Å². The molecule has 0 bridgehead atoms. The van der Waals surface area contributed by atoms with E-state index in [-0.39, 0.29) is 18.4 Å². The van der Waals surface area contributed by atoms with E-state index in [4.69, 9.17) is 18.9 Å². The van der Waals surface area contributed by atoms with Gasteiger partial charge in [-0.25, -0.2) is 0 Å². The van der Waals surface area contributed by atoms with Gasteiger partial charge < -0.3 is 18.9 Å². The van der Waals surface area contributed by atoms with Crippen molar-refractivity contribution in [3.05, 3.63) is 41.5 Å². The molecule has 0 heterocycles. The van der Waals surface area contributed by atoms with Gasteiger partial charge in [0.15, 0.2) is 17.3 Å². The van der Waals surface area contributed by atoms with Crippen molar-refractivity contribution in [3.8, 4) is 28.4 Å². The van der Waals surface area contributed by atoms with E-state index in [0.717, 1.165) is 22.3 Å². The number of Topliss-reactive ketones (excluding diaryl/α,β-unsaturated/α-hetero) is 1. The number of ether oxygens (including phenoxy) is 4. The Hall–Kier alpha value is -3.02. The molecule has 0 aromatic heterocycles. The fourth-order valence-corrected chi connectivity index (χ4v) is 3.66. The monoisotopic (exact) mass is 398 g/mol. The lowest BCUT2D eigenvalue weighted by Gasteiger charge is -2.26. The predicted octanol–water partition coefficient (Wildman–Crippen LogP) is 4.22. The second-order valence-corrected chi connectivity index (χ2v) is 7.57. The van der Waals surface area contributed by atoms with Crippen LogP contribution in [0.4, 0.5) is 0 Å². The first-order chi connectivity index (χ1) is 13.8. The lowest BCUT2D eigenvalue weighted by molar-refractivity contribution is -0.156. The van der Waals surface area contributed by atoms with E-state index >= 15 is 0 Å². The van der Waals surface area contributed by atoms with Crippen LogP contribution in [-0.2, 0) is 16.0 Å². The fraction of sp³-hybridized carbons (Fsp3) is 0.391. The average Bonchev–Trinajstić information content (AvgIpc) is 3.05. The largest absolute Gasteiger partial charge is 0.493 e. The van der Waals surface area contributed by atoms with E-state index in [1.807, 2.05) is 30.3 Å². The molecular weight excluding hydrogens is 372 g/mol. The molecule has 0 N–H and O–H groups in total. The normalized spacial score (nSPS) is 13.1. The van der Waals surface area contributed by atoms with E-state index in [1.165, 1.54) is 6.92 Å². The minimum atomic E-state index is -0.828. The highest BCUT2D eigenvalue weighted by Crippen LogP contribution is 2.46. The molecule has 0 unspecified atom stereocenters. The average molecular weight is 398 g/mol. The van der Waals surface area contributed by atoms with Crippen molar-refractivity contribution in [3.63, 3.8) is 0 Å². The highest BCUT2D eigenvalue weighted by Gasteiger charge is 2.28. The number of ketones is 1. The zero-order valence-electron chi connectivity index (χ0n) is 17.5. The molecular formula is C23H26O6. The van der Waals surface area contributed by atoms with Crippen LogP contribution in [0.25, 0.3) is 11.1 Å². The van der Waals surface area contributed by atoms with E-state index in [9.17, 15) is 9.59 Å². The first kappa shape index (κ1) is 20.7. The van der Waals surface area contributed by atoms with Crippen LogP contribution in [0, 0.1) is 0 Å². The number of carbonyl (C=O) groups is 2. The maximum atomic E-state index is 12.2. The Bertz CT molecular complexity index is 945. The molecule has 0 saturated carbocycles. The number of fused-ring (bicyclic) bond motifs is 1. The van der Waals surface area contributed by atoms with Crippen molar-refractivity contribution in [2.24, 2.45) is 0 Å². The molecule has 0 radical (unpaired) electrons. The fourth-order valence-electron chi connectivity index (χ4n) is 3.66. The van der Waals surface area contributed by atoms with Crippen LogP contribution in [-0.4, -0.2) is 38.2 Å². The third kappa shape index (κ3) is 4.21. The van der Waals surface area contributed by atoms with Gasteiger partial charge in [0.05, 0.1) is 14.2 Å². The minimum absolute atomic E-state index is 0.122. The Morgan fingerprint density at radius 2 is 1.69 bits per heavy atom. The molecule has 2 aromatic rings. The molecule has 2 aromatic carbocycles. The molecule has 0 amide bonds. The van der Waals surface area contributed by atoms with Crippen LogP contribution in [0.3, 0.4) is 0 Å². The van der Waals surface area contributed by atoms with Crippen molar-refractivity contribution >= 4 is 11.8 Å². The molecule has 154 valence electrons. The Balaban J connectivity index is 2.09. The molecule has 6 nitrogen and oxygen atoms in total. The quantitative estimate of drug-likeness (QED) is 0.651. The zero-order chi connectivity index (χ0) is 21.2. The number of hydrogen-bond donors (Lipinski definition) is 0. The molecule has 0 aliphatic heterocycles. The van der Waals surface area contributed by atoms with Gasteiger partial charge in [-0.2, -0.15) is 0 Å². The summed E-state index contributed by atoms with van der Waals surface area (Å²) in [5.74, 6) is 1.24. The molecule has 6 heteroatoms. The first-order valence-electron chi connectivity index (χ1n) is 9.50. The van der Waals surface area contributed by atoms with Crippen LogP contribution in [0.2, 0.25) is 0 Å². The third-order valence-corrected chi connectivity index (χ3v) is 4.85. The molecule has 0 atom stereocenters. The number of methoxy groups -OCH3 is 2. The third-order valence-electron chi connectivity index (χ3n) is 4.85. The predicted molar refractivity (Wildman–Crippen MR) is 109 cm³/mol. The van der Waals surface area contributed by atoms with Crippen molar-refractivity contribution in [2.75, 3.05) is 20.8 Å². The van der Waals surface area contributed by atoms with Gasteiger partial charge in [0.2, 0.25) is 5.75 Å². The van der Waals surface area contributed by atoms with Crippen molar-refractivity contribution in [1.29, 1.82) is 0 Å². The number of esters is 1. The summed E-state index contributed by atoms with van der Waals surface area (Å²) in [6, 6.07) is 9.42. The Morgan fingerprint density at radius 1 is 0.966 bits per heavy atom. The smallest absolute Gasteiger partial charge is 0.303 e. The number of hydrogen-bond acceptors (Lipinski definition) is 6. The Morgan fingerprint density at radius 3 is 2.34 bits per heavy atom. The summed E-state index contributed by atoms with van der Waals surface area (Å²) in [6.45, 7) is 5.04. The molecule has 0 spiro atoms. The maximum absolute atomic E-state index is 12.2. The van der Waals surface area contributed by atoms with E-state index in [0.29, 0.717) is 30.1 Å². The van der Waals surface area contributed by atoms with Crippen LogP contribution in [0.5, 0.6) is 17.2 Å². The molecule has 3 rings (SSSR count). The Labute approximate surface area is 170 Å². The van der Waals surface area contributed by atoms with E-state index in [2.05, 4.69) is 0 Å². The highest BCUT2D eigenvalue weighted by atomic mass is 16.6. The first-order valence-corrected chi connectivity index (χ1v) is 9.50. The van der Waals surface area contributed by atoms with Crippen molar-refractivity contribution in [2.45, 2.75) is 39.2 Å². The van der Waals surface area contributed by atoms with E-state index in [1.54, 1.807) is 28.1 Å². The van der Waals surface area contributed by atoms with Crippen LogP contribution in [0.15, 0.2) is 30.3 Å². The summed E-state index contributed by atoms with van der Waals surface area (Å²) < 4.78 is 22.5. The summed E-state index contributed by atoms with van der Waals surface area (Å²) >= 11 is 0. The number of rotatable bonds is 7. The lowest BCUT2D eigenvalue weighted by atomic mass is 9.95. The molecule has 1 aliphatic rings. The van der Waals surface area contributed by atoms with E-state index < -0.39 is 5.60 Å². The standard InChI is InChI=1S/C23H26O6/c1-14(24)29-23(2,3)13-28-21-18(10-12-20(26-4)22(21)27-5)15-7-6-8-17-16(15)9-11-19(17)25/h6-8,10,12H,9,11,13H2,1-5H3. The summed E-state index contributed by atoms with van der Waals surface area (Å²) in [6.07, 6.45) is 1.20. The summed E-state index contributed by atoms with van der Waals surface area (Å²) in [5, 5.41) is 0. The molecule has 1 aliphatic carbocycles. The van der Waals surface area contributed by atoms with Gasteiger partial charge in [0.25, 0.3) is 0 Å². The SMILES string of the molecule is COc1ccc(-c2cccc3c2CCC3=O)c(OCC(C)(C)OC(C)=O)c1OC. The van der Waals surface area contributed by atoms with Gasteiger partial charge in [-0.05, 0) is 43.5 Å². The maximum Gasteiger partial charge on any atom is 0.303 e. The van der Waals surface area contributed by atoms with Crippen LogP contribution < -0.4 is 14.2 Å². The van der Waals surface area contributed by atoms with Crippen LogP contribution in [0.1, 0.15) is 43.1 Å². The molecule has 0 fully saturated rings. The topological polar surface area (TPSA) is 71.1 Å². The summed E-state index contributed by atoms with van der Waals surface area (Å²) in [5.41, 5.74) is 2.66. The summed E-state index contributed by atoms with van der Waals surface area (Å²) in [7, 11) is 3.10. The van der Waals surface area contributed by atoms with Gasteiger partial charge in [0.1, 0.15) is 12.2 Å². The number of carbonyl (C=O) groups excluding carboxylic acids is 2. The second-order valence-electron chi connectivity index (χ2n) is 7.57. The number of benzene rings is 2. The van der Waals surface area contributed by atoms with Crippen molar-refractivity contribution in [1.82, 2.24) is 0 Å². The highest BCUT2D eigenvalue weighted by molar-refractivity contribution is 6.02. The van der Waals surface area contributed by atoms with Gasteiger partial charge >= 0.3 is 5.97 Å². The van der Waals surface area contributed by atoms with Crippen molar-refractivity contribution < 1.29 is 28.5 Å². The molecule has 0 saturated heterocycles. The van der Waals surface area contributed by atoms with Gasteiger partial charge in [-0.1, -0.05) is 18.2 Å². The second kappa shape index (κ2) is 8.15. The van der Waals surface area contributed by atoms with Gasteiger partial charge in [-0.15, -0.1) is 0 Å². The minimum Gasteiger partial charge on any atom is -0.493 e. The lowest BCUT2D eigenvalue weighted by Crippen LogP contribution is -2.34. The summed E-state index contributed by atoms with van der Waals surface area (Å²) in [4.78, 5) is 23.6.